The lowest BCUT2D eigenvalue weighted by molar-refractivity contribution is 0.0263. The Bertz CT molecular complexity index is 548. The molecule has 1 saturated heterocycles. The number of rotatable bonds is 4. The first-order chi connectivity index (χ1) is 10.8. The van der Waals surface area contributed by atoms with Crippen molar-refractivity contribution in [3.8, 4) is 6.07 Å². The summed E-state index contributed by atoms with van der Waals surface area (Å²) in [7, 11) is 1.81. The molecule has 0 amide bonds. The summed E-state index contributed by atoms with van der Waals surface area (Å²) in [4.78, 5) is 6.63. The van der Waals surface area contributed by atoms with Crippen LogP contribution in [0.15, 0.2) is 29.3 Å². The number of nitriles is 1. The number of hydrogen-bond acceptors (Lipinski definition) is 3. The van der Waals surface area contributed by atoms with Crippen LogP contribution in [0.25, 0.3) is 0 Å². The fraction of sp³-hybridized carbons (Fsp3) is 0.529. The zero-order valence-corrected chi connectivity index (χ0v) is 16.1. The largest absolute Gasteiger partial charge is 0.378 e. The van der Waals surface area contributed by atoms with Crippen LogP contribution in [0.1, 0.15) is 30.9 Å². The zero-order valence-electron chi connectivity index (χ0n) is 13.8. The van der Waals surface area contributed by atoms with Crippen LogP contribution in [0.5, 0.6) is 0 Å². The van der Waals surface area contributed by atoms with Gasteiger partial charge in [-0.05, 0) is 37.5 Å². The Labute approximate surface area is 155 Å². The Hall–Kier alpha value is -1.33. The van der Waals surface area contributed by atoms with Crippen molar-refractivity contribution >= 4 is 29.9 Å². The van der Waals surface area contributed by atoms with Crippen molar-refractivity contribution in [1.29, 1.82) is 5.26 Å². The maximum absolute atomic E-state index is 8.94. The van der Waals surface area contributed by atoms with Gasteiger partial charge in [0.05, 0.1) is 17.7 Å². The highest BCUT2D eigenvalue weighted by Gasteiger charge is 2.21. The third-order valence-electron chi connectivity index (χ3n) is 3.86. The summed E-state index contributed by atoms with van der Waals surface area (Å²) >= 11 is 0. The normalized spacial score (nSPS) is 15.7. The number of benzene rings is 1. The summed E-state index contributed by atoms with van der Waals surface area (Å²) in [6.07, 6.45) is 2.46. The number of piperidine rings is 1. The molecule has 0 aromatic heterocycles. The van der Waals surface area contributed by atoms with Gasteiger partial charge in [0.2, 0.25) is 0 Å². The maximum atomic E-state index is 8.94. The zero-order chi connectivity index (χ0) is 15.8. The highest BCUT2D eigenvalue weighted by atomic mass is 127. The van der Waals surface area contributed by atoms with Crippen LogP contribution < -0.4 is 5.32 Å². The average molecular weight is 428 g/mol. The Kier molecular flexibility index (Phi) is 8.95. The van der Waals surface area contributed by atoms with Crippen LogP contribution in [0.3, 0.4) is 0 Å². The third kappa shape index (κ3) is 5.99. The Morgan fingerprint density at radius 3 is 2.78 bits per heavy atom. The molecule has 0 bridgehead atoms. The molecule has 1 heterocycles. The van der Waals surface area contributed by atoms with E-state index >= 15 is 0 Å². The molecule has 2 rings (SSSR count). The lowest BCUT2D eigenvalue weighted by Crippen LogP contribution is -2.46. The fourth-order valence-corrected chi connectivity index (χ4v) is 2.73. The van der Waals surface area contributed by atoms with E-state index in [2.05, 4.69) is 21.3 Å². The molecule has 0 saturated carbocycles. The van der Waals surface area contributed by atoms with E-state index in [-0.39, 0.29) is 24.0 Å². The average Bonchev–Trinajstić information content (AvgIpc) is 2.57. The second-order valence-electron chi connectivity index (χ2n) is 5.35. The van der Waals surface area contributed by atoms with Gasteiger partial charge in [-0.1, -0.05) is 12.1 Å². The SMILES string of the molecule is CCOC1CCN(C(=NC)NCc2cccc(C#N)c2)CC1.I. The lowest BCUT2D eigenvalue weighted by Gasteiger charge is -2.34. The smallest absolute Gasteiger partial charge is 0.193 e. The van der Waals surface area contributed by atoms with E-state index in [1.807, 2.05) is 38.2 Å². The van der Waals surface area contributed by atoms with Crippen molar-refractivity contribution in [2.75, 3.05) is 26.7 Å². The van der Waals surface area contributed by atoms with Crippen molar-refractivity contribution < 1.29 is 4.74 Å². The topological polar surface area (TPSA) is 60.6 Å². The molecule has 1 aromatic rings. The molecule has 0 radical (unpaired) electrons. The number of ether oxygens (including phenoxy) is 1. The number of likely N-dealkylation sites (tertiary alicyclic amines) is 1. The Morgan fingerprint density at radius 2 is 2.17 bits per heavy atom. The molecule has 1 N–H and O–H groups in total. The monoisotopic (exact) mass is 428 g/mol. The van der Waals surface area contributed by atoms with E-state index < -0.39 is 0 Å². The summed E-state index contributed by atoms with van der Waals surface area (Å²) in [5, 5.41) is 12.3. The van der Waals surface area contributed by atoms with Crippen LogP contribution in [-0.2, 0) is 11.3 Å². The molecule has 126 valence electrons. The lowest BCUT2D eigenvalue weighted by atomic mass is 10.1. The standard InChI is InChI=1S/C17H24N4O.HI/c1-3-22-16-7-9-21(10-8-16)17(19-2)20-13-15-6-4-5-14(11-15)12-18;/h4-6,11,16H,3,7-10,13H2,1-2H3,(H,19,20);1H. The van der Waals surface area contributed by atoms with E-state index in [0.717, 1.165) is 44.1 Å². The first-order valence-electron chi connectivity index (χ1n) is 7.83. The molecule has 1 aromatic carbocycles. The first-order valence-corrected chi connectivity index (χ1v) is 7.83. The summed E-state index contributed by atoms with van der Waals surface area (Å²) in [6, 6.07) is 9.81. The van der Waals surface area contributed by atoms with E-state index in [9.17, 15) is 0 Å². The second-order valence-corrected chi connectivity index (χ2v) is 5.35. The summed E-state index contributed by atoms with van der Waals surface area (Å²) < 4.78 is 5.68. The highest BCUT2D eigenvalue weighted by molar-refractivity contribution is 14.0. The number of aliphatic imine (C=N–C) groups is 1. The minimum atomic E-state index is 0. The summed E-state index contributed by atoms with van der Waals surface area (Å²) in [5.74, 6) is 0.914. The van der Waals surface area contributed by atoms with Gasteiger partial charge < -0.3 is 15.0 Å². The number of halogens is 1. The number of guanidine groups is 1. The molecule has 5 nitrogen and oxygen atoms in total. The molecular weight excluding hydrogens is 403 g/mol. The number of nitrogens with one attached hydrogen (secondary N) is 1. The molecule has 0 atom stereocenters. The van der Waals surface area contributed by atoms with Gasteiger partial charge in [0.15, 0.2) is 5.96 Å². The summed E-state index contributed by atoms with van der Waals surface area (Å²) in [6.45, 7) is 5.42. The summed E-state index contributed by atoms with van der Waals surface area (Å²) in [5.41, 5.74) is 1.77. The van der Waals surface area contributed by atoms with Crippen molar-refractivity contribution in [2.45, 2.75) is 32.4 Å². The van der Waals surface area contributed by atoms with Crippen LogP contribution in [0, 0.1) is 11.3 Å². The molecule has 1 aliphatic heterocycles. The Balaban J connectivity index is 0.00000264. The van der Waals surface area contributed by atoms with Gasteiger partial charge in [-0.15, -0.1) is 24.0 Å². The van der Waals surface area contributed by atoms with E-state index in [0.29, 0.717) is 18.2 Å². The van der Waals surface area contributed by atoms with Gasteiger partial charge in [-0.3, -0.25) is 4.99 Å². The molecule has 1 fully saturated rings. The van der Waals surface area contributed by atoms with Crippen LogP contribution in [-0.4, -0.2) is 43.7 Å². The minimum absolute atomic E-state index is 0. The van der Waals surface area contributed by atoms with E-state index in [4.69, 9.17) is 10.00 Å². The van der Waals surface area contributed by atoms with E-state index in [1.54, 1.807) is 0 Å². The highest BCUT2D eigenvalue weighted by Crippen LogP contribution is 2.14. The van der Waals surface area contributed by atoms with Gasteiger partial charge >= 0.3 is 0 Å². The predicted molar refractivity (Wildman–Crippen MR) is 103 cm³/mol. The van der Waals surface area contributed by atoms with Crippen LogP contribution in [0.4, 0.5) is 0 Å². The van der Waals surface area contributed by atoms with Crippen molar-refractivity contribution in [1.82, 2.24) is 10.2 Å². The van der Waals surface area contributed by atoms with Gasteiger partial charge in [0.1, 0.15) is 0 Å². The molecule has 0 spiro atoms. The molecule has 1 aliphatic rings. The van der Waals surface area contributed by atoms with Gasteiger partial charge in [-0.2, -0.15) is 5.26 Å². The quantitative estimate of drug-likeness (QED) is 0.455. The molecular formula is C17H25IN4O. The Morgan fingerprint density at radius 1 is 1.43 bits per heavy atom. The van der Waals surface area contributed by atoms with Crippen molar-refractivity contribution in [3.05, 3.63) is 35.4 Å². The molecule has 23 heavy (non-hydrogen) atoms. The minimum Gasteiger partial charge on any atom is -0.378 e. The van der Waals surface area contributed by atoms with Crippen LogP contribution >= 0.6 is 24.0 Å². The fourth-order valence-electron chi connectivity index (χ4n) is 2.73. The number of nitrogens with zero attached hydrogens (tertiary/aromatic N) is 3. The molecule has 0 unspecified atom stereocenters. The predicted octanol–water partition coefficient (Wildman–Crippen LogP) is 2.75. The number of hydrogen-bond donors (Lipinski definition) is 1. The van der Waals surface area contributed by atoms with Gasteiger partial charge in [0.25, 0.3) is 0 Å². The maximum Gasteiger partial charge on any atom is 0.193 e. The molecule has 0 aliphatic carbocycles. The third-order valence-corrected chi connectivity index (χ3v) is 3.86. The molecule has 6 heteroatoms. The van der Waals surface area contributed by atoms with Crippen molar-refractivity contribution in [2.24, 2.45) is 4.99 Å². The van der Waals surface area contributed by atoms with Crippen LogP contribution in [0.2, 0.25) is 0 Å². The first kappa shape index (κ1) is 19.7. The second kappa shape index (κ2) is 10.4. The van der Waals surface area contributed by atoms with Gasteiger partial charge in [-0.25, -0.2) is 0 Å². The van der Waals surface area contributed by atoms with Crippen molar-refractivity contribution in [3.63, 3.8) is 0 Å². The van der Waals surface area contributed by atoms with E-state index in [1.165, 1.54) is 0 Å². The van der Waals surface area contributed by atoms with Gasteiger partial charge in [0, 0.05) is 33.3 Å².